The summed E-state index contributed by atoms with van der Waals surface area (Å²) in [5.74, 6) is -2.06. The van der Waals surface area contributed by atoms with Crippen molar-refractivity contribution in [2.45, 2.75) is 32.4 Å². The van der Waals surface area contributed by atoms with Crippen LogP contribution in [0.5, 0.6) is 0 Å². The number of hydrogen-bond donors (Lipinski definition) is 2. The smallest absolute Gasteiger partial charge is 0.352 e. The number of rotatable bonds is 5. The molecule has 0 spiro atoms. The van der Waals surface area contributed by atoms with E-state index in [-0.39, 0.29) is 35.4 Å². The lowest BCUT2D eigenvalue weighted by atomic mass is 9.77. The predicted octanol–water partition coefficient (Wildman–Crippen LogP) is -0.407. The van der Waals surface area contributed by atoms with Crippen LogP contribution in [0.25, 0.3) is 0 Å². The lowest BCUT2D eigenvalue weighted by molar-refractivity contribution is -0.163. The number of likely N-dealkylation sites (tertiary alicyclic amines) is 1. The molecule has 0 aliphatic carbocycles. The van der Waals surface area contributed by atoms with Crippen LogP contribution in [0.2, 0.25) is 0 Å². The molecule has 0 aromatic heterocycles. The Morgan fingerprint density at radius 3 is 2.54 bits per heavy atom. The van der Waals surface area contributed by atoms with E-state index in [9.17, 15) is 24.6 Å². The number of fused-ring (bicyclic) bond motifs is 1. The molecule has 3 heterocycles. The van der Waals surface area contributed by atoms with Gasteiger partial charge in [-0.05, 0) is 25.5 Å². The second kappa shape index (κ2) is 6.66. The Hall–Kier alpha value is -1.93. The number of hydrogen-bond acceptors (Lipinski definition) is 5. The third-order valence-electron chi connectivity index (χ3n) is 5.97. The van der Waals surface area contributed by atoms with Gasteiger partial charge in [0.25, 0.3) is 0 Å². The first-order valence-electron chi connectivity index (χ1n) is 9.06. The number of aliphatic hydroxyl groups excluding tert-OH is 1. The van der Waals surface area contributed by atoms with Crippen molar-refractivity contribution in [3.8, 4) is 0 Å². The van der Waals surface area contributed by atoms with Crippen LogP contribution in [0.15, 0.2) is 11.3 Å². The highest BCUT2D eigenvalue weighted by molar-refractivity contribution is 6.00. The minimum Gasteiger partial charge on any atom is -0.477 e. The maximum absolute atomic E-state index is 12.3. The number of nitrogens with zero attached hydrogens (tertiary/aromatic N) is 3. The van der Waals surface area contributed by atoms with Gasteiger partial charge in [-0.1, -0.05) is 6.92 Å². The molecule has 8 nitrogen and oxygen atoms in total. The summed E-state index contributed by atoms with van der Waals surface area (Å²) in [6.07, 6.45) is -0.0434. The van der Waals surface area contributed by atoms with Gasteiger partial charge in [0.15, 0.2) is 0 Å². The van der Waals surface area contributed by atoms with Gasteiger partial charge in [-0.25, -0.2) is 4.79 Å². The summed E-state index contributed by atoms with van der Waals surface area (Å²) in [5, 5.41) is 19.5. The number of amides is 2. The molecule has 2 N–H and O–H groups in total. The summed E-state index contributed by atoms with van der Waals surface area (Å²) < 4.78 is 0. The monoisotopic (exact) mass is 365 g/mol. The standard InChI is InChI=1S/C18H27N3O5/c1-9-12(8-20-6-5-11(7-20)16(23)19(3)4)15(18(25)26)21-14(9)13(10(2)22)17(21)24/h9-11,13-14,22H,5-8H2,1-4H3,(H,25,26)/t9-,10+,11-,13?,14+/m0/s1. The third-order valence-corrected chi connectivity index (χ3v) is 5.97. The van der Waals surface area contributed by atoms with Gasteiger partial charge in [0.2, 0.25) is 11.8 Å². The summed E-state index contributed by atoms with van der Waals surface area (Å²) in [4.78, 5) is 41.3. The predicted molar refractivity (Wildman–Crippen MR) is 92.9 cm³/mol. The summed E-state index contributed by atoms with van der Waals surface area (Å²) in [6.45, 7) is 5.25. The minimum atomic E-state index is -1.10. The first kappa shape index (κ1) is 18.8. The molecule has 0 aromatic carbocycles. The fraction of sp³-hybridized carbons (Fsp3) is 0.722. The number of β-lactam (4-membered cyclic amide) rings is 1. The quantitative estimate of drug-likeness (QED) is 0.643. The van der Waals surface area contributed by atoms with Crippen molar-refractivity contribution in [1.29, 1.82) is 0 Å². The molecule has 2 amide bonds. The SMILES string of the molecule is C[C@@H](O)C1C(=O)N2C(C(=O)O)=C(CN3CC[C@H](C(=O)N(C)C)C3)[C@H](C)[C@H]12. The molecule has 3 aliphatic heterocycles. The maximum atomic E-state index is 12.3. The van der Waals surface area contributed by atoms with Crippen LogP contribution in [0.1, 0.15) is 20.3 Å². The van der Waals surface area contributed by atoms with E-state index in [0.29, 0.717) is 13.1 Å². The van der Waals surface area contributed by atoms with Gasteiger partial charge in [-0.2, -0.15) is 0 Å². The Morgan fingerprint density at radius 2 is 2.00 bits per heavy atom. The summed E-state index contributed by atoms with van der Waals surface area (Å²) >= 11 is 0. The van der Waals surface area contributed by atoms with Crippen LogP contribution in [0, 0.1) is 17.8 Å². The van der Waals surface area contributed by atoms with Crippen molar-refractivity contribution in [3.05, 3.63) is 11.3 Å². The van der Waals surface area contributed by atoms with Crippen molar-refractivity contribution in [2.24, 2.45) is 17.8 Å². The summed E-state index contributed by atoms with van der Waals surface area (Å²) in [7, 11) is 3.48. The maximum Gasteiger partial charge on any atom is 0.352 e. The van der Waals surface area contributed by atoms with E-state index in [0.717, 1.165) is 18.5 Å². The molecule has 5 atom stereocenters. The highest BCUT2D eigenvalue weighted by atomic mass is 16.4. The van der Waals surface area contributed by atoms with E-state index < -0.39 is 18.0 Å². The fourth-order valence-corrected chi connectivity index (χ4v) is 4.64. The average molecular weight is 365 g/mol. The number of aliphatic carboxylic acids is 1. The van der Waals surface area contributed by atoms with Crippen molar-refractivity contribution >= 4 is 17.8 Å². The largest absolute Gasteiger partial charge is 0.477 e. The molecule has 144 valence electrons. The van der Waals surface area contributed by atoms with E-state index >= 15 is 0 Å². The lowest BCUT2D eigenvalue weighted by Crippen LogP contribution is -2.63. The van der Waals surface area contributed by atoms with Gasteiger partial charge in [-0.3, -0.25) is 14.5 Å². The van der Waals surface area contributed by atoms with E-state index in [1.807, 2.05) is 6.92 Å². The van der Waals surface area contributed by atoms with E-state index in [2.05, 4.69) is 4.90 Å². The van der Waals surface area contributed by atoms with E-state index in [1.165, 1.54) is 4.90 Å². The Labute approximate surface area is 153 Å². The van der Waals surface area contributed by atoms with Crippen molar-refractivity contribution < 1.29 is 24.6 Å². The van der Waals surface area contributed by atoms with Gasteiger partial charge < -0.3 is 20.0 Å². The number of carbonyl (C=O) groups is 3. The van der Waals surface area contributed by atoms with Gasteiger partial charge in [0.1, 0.15) is 5.70 Å². The Kier molecular flexibility index (Phi) is 4.83. The zero-order chi connectivity index (χ0) is 19.3. The first-order chi connectivity index (χ1) is 12.1. The molecule has 3 aliphatic rings. The Bertz CT molecular complexity index is 672. The number of carbonyl (C=O) groups excluding carboxylic acids is 2. The molecule has 3 rings (SSSR count). The highest BCUT2D eigenvalue weighted by Crippen LogP contribution is 2.47. The van der Waals surface area contributed by atoms with Crippen LogP contribution < -0.4 is 0 Å². The molecular weight excluding hydrogens is 338 g/mol. The number of carboxylic acids is 1. The lowest BCUT2D eigenvalue weighted by Gasteiger charge is -2.46. The van der Waals surface area contributed by atoms with Gasteiger partial charge in [-0.15, -0.1) is 0 Å². The zero-order valence-electron chi connectivity index (χ0n) is 15.7. The molecule has 0 aromatic rings. The average Bonchev–Trinajstić information content (AvgIpc) is 3.09. The van der Waals surface area contributed by atoms with Gasteiger partial charge >= 0.3 is 5.97 Å². The number of carboxylic acid groups (broad SMARTS) is 1. The molecule has 8 heteroatoms. The molecular formula is C18H27N3O5. The summed E-state index contributed by atoms with van der Waals surface area (Å²) in [5.41, 5.74) is 0.781. The second-order valence-corrected chi connectivity index (χ2v) is 7.89. The van der Waals surface area contributed by atoms with Crippen LogP contribution in [0.4, 0.5) is 0 Å². The van der Waals surface area contributed by atoms with Crippen LogP contribution >= 0.6 is 0 Å². The number of aliphatic hydroxyl groups is 1. The normalized spacial score (nSPS) is 32.5. The highest BCUT2D eigenvalue weighted by Gasteiger charge is 2.59. The Balaban J connectivity index is 1.78. The zero-order valence-corrected chi connectivity index (χ0v) is 15.7. The fourth-order valence-electron chi connectivity index (χ4n) is 4.64. The van der Waals surface area contributed by atoms with Crippen LogP contribution in [-0.4, -0.2) is 88.6 Å². The van der Waals surface area contributed by atoms with Crippen LogP contribution in [-0.2, 0) is 14.4 Å². The third kappa shape index (κ3) is 2.81. The minimum absolute atomic E-state index is 0.0618. The molecule has 26 heavy (non-hydrogen) atoms. The first-order valence-corrected chi connectivity index (χ1v) is 9.06. The summed E-state index contributed by atoms with van der Waals surface area (Å²) in [6, 6.07) is -0.287. The molecule has 0 bridgehead atoms. The topological polar surface area (TPSA) is 101 Å². The molecule has 0 saturated carbocycles. The van der Waals surface area contributed by atoms with E-state index in [4.69, 9.17) is 0 Å². The van der Waals surface area contributed by atoms with Crippen LogP contribution in [0.3, 0.4) is 0 Å². The Morgan fingerprint density at radius 1 is 1.35 bits per heavy atom. The molecule has 2 fully saturated rings. The van der Waals surface area contributed by atoms with Crippen molar-refractivity contribution in [2.75, 3.05) is 33.7 Å². The molecule has 0 radical (unpaired) electrons. The van der Waals surface area contributed by atoms with Gasteiger partial charge in [0, 0.05) is 33.1 Å². The van der Waals surface area contributed by atoms with Crippen molar-refractivity contribution in [3.63, 3.8) is 0 Å². The van der Waals surface area contributed by atoms with E-state index in [1.54, 1.807) is 25.9 Å². The second-order valence-electron chi connectivity index (χ2n) is 7.89. The molecule has 2 saturated heterocycles. The van der Waals surface area contributed by atoms with Crippen molar-refractivity contribution in [1.82, 2.24) is 14.7 Å². The van der Waals surface area contributed by atoms with Gasteiger partial charge in [0.05, 0.1) is 24.0 Å². The molecule has 1 unspecified atom stereocenters.